The molecule has 0 unspecified atom stereocenters. The van der Waals surface area contributed by atoms with Gasteiger partial charge in [-0.15, -0.1) is 0 Å². The van der Waals surface area contributed by atoms with Gasteiger partial charge in [0.2, 0.25) is 0 Å². The lowest BCUT2D eigenvalue weighted by Gasteiger charge is -2.16. The molecule has 2 aromatic carbocycles. The van der Waals surface area contributed by atoms with Crippen molar-refractivity contribution in [1.29, 1.82) is 0 Å². The van der Waals surface area contributed by atoms with E-state index in [1.165, 1.54) is 25.9 Å². The molecule has 4 aromatic rings. The molecule has 1 fully saturated rings. The van der Waals surface area contributed by atoms with Gasteiger partial charge in [-0.05, 0) is 56.3 Å². The molecule has 2 aromatic heterocycles. The molecule has 1 aliphatic heterocycles. The summed E-state index contributed by atoms with van der Waals surface area (Å²) in [6.07, 6.45) is 4.32. The van der Waals surface area contributed by atoms with E-state index in [0.717, 1.165) is 30.0 Å². The fraction of sp³-hybridized carbons (Fsp3) is 0.240. The van der Waals surface area contributed by atoms with Crippen LogP contribution in [0.3, 0.4) is 0 Å². The molecule has 1 saturated heterocycles. The molecule has 3 N–H and O–H groups in total. The maximum Gasteiger partial charge on any atom is 0.266 e. The first-order chi connectivity index (χ1) is 15.2. The number of hydrogen-bond acceptors (Lipinski definition) is 5. The molecule has 0 radical (unpaired) electrons. The molecule has 31 heavy (non-hydrogen) atoms. The lowest BCUT2D eigenvalue weighted by atomic mass is 10.1. The highest BCUT2D eigenvalue weighted by Gasteiger charge is 2.13. The second-order valence-electron chi connectivity index (χ2n) is 7.99. The van der Waals surface area contributed by atoms with Crippen LogP contribution in [0, 0.1) is 0 Å². The van der Waals surface area contributed by atoms with Gasteiger partial charge in [0.15, 0.2) is 0 Å². The molecule has 0 amide bonds. The zero-order chi connectivity index (χ0) is 21.2. The van der Waals surface area contributed by atoms with Crippen molar-refractivity contribution in [2.45, 2.75) is 12.8 Å². The van der Waals surface area contributed by atoms with Crippen LogP contribution in [0.1, 0.15) is 12.8 Å². The third kappa shape index (κ3) is 3.94. The summed E-state index contributed by atoms with van der Waals surface area (Å²) in [6, 6.07) is 19.1. The molecule has 158 valence electrons. The molecule has 1 aliphatic rings. The molecule has 5 rings (SSSR count). The zero-order valence-corrected chi connectivity index (χ0v) is 17.4. The maximum atomic E-state index is 13.1. The summed E-state index contributed by atoms with van der Waals surface area (Å²) < 4.78 is 7.51. The molecule has 0 saturated carbocycles. The van der Waals surface area contributed by atoms with Gasteiger partial charge in [0.1, 0.15) is 11.3 Å². The van der Waals surface area contributed by atoms with E-state index in [1.807, 2.05) is 54.6 Å². The van der Waals surface area contributed by atoms with E-state index in [0.29, 0.717) is 22.4 Å². The minimum atomic E-state index is -0.127. The fourth-order valence-corrected chi connectivity index (χ4v) is 4.20. The van der Waals surface area contributed by atoms with Gasteiger partial charge >= 0.3 is 0 Å². The lowest BCUT2D eigenvalue weighted by Crippen LogP contribution is -2.26. The van der Waals surface area contributed by atoms with Crippen molar-refractivity contribution in [2.75, 3.05) is 37.2 Å². The fourth-order valence-electron chi connectivity index (χ4n) is 4.20. The van der Waals surface area contributed by atoms with Gasteiger partial charge in [0.05, 0.1) is 22.4 Å². The number of benzene rings is 2. The van der Waals surface area contributed by atoms with Crippen LogP contribution >= 0.6 is 0 Å². The third-order valence-electron chi connectivity index (χ3n) is 5.90. The van der Waals surface area contributed by atoms with Gasteiger partial charge in [-0.25, -0.2) is 0 Å². The van der Waals surface area contributed by atoms with Crippen LogP contribution in [-0.4, -0.2) is 35.6 Å². The Bertz CT molecular complexity index is 1250. The summed E-state index contributed by atoms with van der Waals surface area (Å²) in [5, 5.41) is 3.96. The standard InChI is InChI=1S/C25H26N4O2/c26-21-16-19(8-9-22(21)27-11-15-28-12-4-5-13-28)29-14-10-23-20(25(29)30)17-24(31-23)18-6-2-1-3-7-18/h1-3,6-10,14,16-17,27H,4-5,11-13,15,26H2. The van der Waals surface area contributed by atoms with E-state index >= 15 is 0 Å². The van der Waals surface area contributed by atoms with Gasteiger partial charge < -0.3 is 20.4 Å². The minimum Gasteiger partial charge on any atom is -0.456 e. The number of pyridine rings is 1. The highest BCUT2D eigenvalue weighted by Crippen LogP contribution is 2.27. The van der Waals surface area contributed by atoms with Crippen molar-refractivity contribution >= 4 is 22.3 Å². The van der Waals surface area contributed by atoms with E-state index in [1.54, 1.807) is 16.8 Å². The lowest BCUT2D eigenvalue weighted by molar-refractivity contribution is 0.353. The van der Waals surface area contributed by atoms with Crippen LogP contribution in [0.4, 0.5) is 11.4 Å². The molecule has 3 heterocycles. The van der Waals surface area contributed by atoms with Crippen LogP contribution < -0.4 is 16.6 Å². The van der Waals surface area contributed by atoms with Crippen LogP contribution in [0.2, 0.25) is 0 Å². The quantitative estimate of drug-likeness (QED) is 0.459. The topological polar surface area (TPSA) is 76.4 Å². The summed E-state index contributed by atoms with van der Waals surface area (Å²) in [7, 11) is 0. The van der Waals surface area contributed by atoms with Crippen molar-refractivity contribution in [3.05, 3.63) is 77.2 Å². The molecule has 6 heteroatoms. The monoisotopic (exact) mass is 414 g/mol. The summed E-state index contributed by atoms with van der Waals surface area (Å²) in [5.41, 5.74) is 9.93. The first-order valence-corrected chi connectivity index (χ1v) is 10.8. The third-order valence-corrected chi connectivity index (χ3v) is 5.90. The number of aromatic nitrogens is 1. The smallest absolute Gasteiger partial charge is 0.266 e. The Morgan fingerprint density at radius 2 is 1.81 bits per heavy atom. The second kappa shape index (κ2) is 8.32. The molecule has 0 spiro atoms. The van der Waals surface area contributed by atoms with Gasteiger partial charge in [-0.1, -0.05) is 30.3 Å². The van der Waals surface area contributed by atoms with Crippen LogP contribution in [-0.2, 0) is 0 Å². The largest absolute Gasteiger partial charge is 0.456 e. The molecule has 0 aliphatic carbocycles. The first kappa shape index (κ1) is 19.5. The average Bonchev–Trinajstić information content (AvgIpc) is 3.46. The van der Waals surface area contributed by atoms with Crippen molar-refractivity contribution < 1.29 is 4.42 Å². The number of hydrogen-bond donors (Lipinski definition) is 2. The summed E-state index contributed by atoms with van der Waals surface area (Å²) >= 11 is 0. The number of nitrogens with one attached hydrogen (secondary N) is 1. The summed E-state index contributed by atoms with van der Waals surface area (Å²) in [6.45, 7) is 4.23. The van der Waals surface area contributed by atoms with Gasteiger partial charge in [0.25, 0.3) is 5.56 Å². The second-order valence-corrected chi connectivity index (χ2v) is 7.99. The Morgan fingerprint density at radius 1 is 1.00 bits per heavy atom. The van der Waals surface area contributed by atoms with Crippen LogP contribution in [0.25, 0.3) is 28.0 Å². The van der Waals surface area contributed by atoms with E-state index < -0.39 is 0 Å². The highest BCUT2D eigenvalue weighted by molar-refractivity contribution is 5.82. The maximum absolute atomic E-state index is 13.1. The Morgan fingerprint density at radius 3 is 2.58 bits per heavy atom. The molecular weight excluding hydrogens is 388 g/mol. The minimum absolute atomic E-state index is 0.127. The van der Waals surface area contributed by atoms with Crippen molar-refractivity contribution in [3.8, 4) is 17.0 Å². The molecule has 0 atom stereocenters. The Balaban J connectivity index is 1.39. The number of nitrogen functional groups attached to an aromatic ring is 1. The molecule has 0 bridgehead atoms. The van der Waals surface area contributed by atoms with Crippen molar-refractivity contribution in [2.24, 2.45) is 0 Å². The van der Waals surface area contributed by atoms with E-state index in [-0.39, 0.29) is 5.56 Å². The number of fused-ring (bicyclic) bond motifs is 1. The Labute approximate surface area is 180 Å². The number of furan rings is 1. The van der Waals surface area contributed by atoms with Crippen LogP contribution in [0.15, 0.2) is 76.1 Å². The average molecular weight is 415 g/mol. The molecular formula is C25H26N4O2. The predicted molar refractivity (Wildman–Crippen MR) is 126 cm³/mol. The number of anilines is 2. The van der Waals surface area contributed by atoms with E-state index in [9.17, 15) is 4.79 Å². The zero-order valence-electron chi connectivity index (χ0n) is 17.4. The summed E-state index contributed by atoms with van der Waals surface area (Å²) in [4.78, 5) is 15.6. The molecule has 6 nitrogen and oxygen atoms in total. The van der Waals surface area contributed by atoms with E-state index in [4.69, 9.17) is 10.2 Å². The summed E-state index contributed by atoms with van der Waals surface area (Å²) in [5.74, 6) is 0.683. The van der Waals surface area contributed by atoms with Gasteiger partial charge in [0, 0.05) is 24.8 Å². The van der Waals surface area contributed by atoms with E-state index in [2.05, 4.69) is 10.2 Å². The number of rotatable bonds is 6. The Kier molecular flexibility index (Phi) is 5.22. The number of nitrogens with zero attached hydrogens (tertiary/aromatic N) is 2. The van der Waals surface area contributed by atoms with Gasteiger partial charge in [-0.3, -0.25) is 9.36 Å². The normalized spacial score (nSPS) is 14.3. The first-order valence-electron chi connectivity index (χ1n) is 10.8. The van der Waals surface area contributed by atoms with Gasteiger partial charge in [-0.2, -0.15) is 0 Å². The SMILES string of the molecule is Nc1cc(-n2ccc3oc(-c4ccccc4)cc3c2=O)ccc1NCCN1CCCC1. The Hall–Kier alpha value is -3.51. The predicted octanol–water partition coefficient (Wildman–Crippen LogP) is 4.34. The highest BCUT2D eigenvalue weighted by atomic mass is 16.3. The number of likely N-dealkylation sites (tertiary alicyclic amines) is 1. The number of nitrogens with two attached hydrogens (primary N) is 1. The van der Waals surface area contributed by atoms with Crippen molar-refractivity contribution in [3.63, 3.8) is 0 Å². The van der Waals surface area contributed by atoms with Crippen LogP contribution in [0.5, 0.6) is 0 Å². The van der Waals surface area contributed by atoms with Crippen molar-refractivity contribution in [1.82, 2.24) is 9.47 Å².